The van der Waals surface area contributed by atoms with Gasteiger partial charge < -0.3 is 4.74 Å². The molecule has 4 saturated carbocycles. The molecular weight excluding hydrogens is 260 g/mol. The van der Waals surface area contributed by atoms with E-state index in [2.05, 4.69) is 6.92 Å². The number of hydrogen-bond donors (Lipinski definition) is 0. The molecular formula is C19H30O2. The van der Waals surface area contributed by atoms with Gasteiger partial charge in [-0.25, -0.2) is 0 Å². The predicted octanol–water partition coefficient (Wildman–Crippen LogP) is 4.71. The molecule has 0 aromatic heterocycles. The van der Waals surface area contributed by atoms with E-state index in [1.165, 1.54) is 44.9 Å². The van der Waals surface area contributed by atoms with Crippen LogP contribution < -0.4 is 0 Å². The van der Waals surface area contributed by atoms with Crippen molar-refractivity contribution in [2.24, 2.45) is 29.6 Å². The second-order valence-corrected chi connectivity index (χ2v) is 8.28. The summed E-state index contributed by atoms with van der Waals surface area (Å²) in [7, 11) is 0. The van der Waals surface area contributed by atoms with Crippen LogP contribution in [0.4, 0.5) is 0 Å². The van der Waals surface area contributed by atoms with Crippen LogP contribution in [0.25, 0.3) is 0 Å². The van der Waals surface area contributed by atoms with Crippen molar-refractivity contribution < 1.29 is 9.53 Å². The first kappa shape index (κ1) is 14.1. The molecule has 2 nitrogen and oxygen atoms in total. The van der Waals surface area contributed by atoms with E-state index in [1.807, 2.05) is 0 Å². The molecule has 4 rings (SSSR count). The first-order valence-electron chi connectivity index (χ1n) is 9.45. The van der Waals surface area contributed by atoms with Crippen LogP contribution in [-0.4, -0.2) is 11.6 Å². The number of carbonyl (C=O) groups excluding carboxylic acids is 1. The number of rotatable bonds is 3. The fourth-order valence-electron chi connectivity index (χ4n) is 6.35. The number of esters is 1. The van der Waals surface area contributed by atoms with E-state index in [0.717, 1.165) is 43.4 Å². The molecule has 0 aliphatic heterocycles. The highest BCUT2D eigenvalue weighted by atomic mass is 16.6. The van der Waals surface area contributed by atoms with Crippen LogP contribution in [0.1, 0.15) is 77.6 Å². The number of ether oxygens (including phenoxy) is 1. The van der Waals surface area contributed by atoms with Gasteiger partial charge in [0.25, 0.3) is 0 Å². The summed E-state index contributed by atoms with van der Waals surface area (Å²) in [5.74, 6) is 3.76. The standard InChI is InChI=1S/C19H30O2/c1-2-19(9-5-6-10-19)21-18(20)17-12-13-11-16(17)15-8-4-3-7-14(13)15/h13-17H,2-12H2,1H3. The maximum Gasteiger partial charge on any atom is 0.309 e. The molecule has 0 amide bonds. The number of hydrogen-bond acceptors (Lipinski definition) is 2. The third-order valence-corrected chi connectivity index (χ3v) is 7.46. The summed E-state index contributed by atoms with van der Waals surface area (Å²) in [6.45, 7) is 2.19. The topological polar surface area (TPSA) is 26.3 Å². The lowest BCUT2D eigenvalue weighted by Crippen LogP contribution is -2.39. The molecule has 2 heteroatoms. The monoisotopic (exact) mass is 290 g/mol. The highest BCUT2D eigenvalue weighted by molar-refractivity contribution is 5.74. The van der Waals surface area contributed by atoms with E-state index in [1.54, 1.807) is 0 Å². The van der Waals surface area contributed by atoms with Gasteiger partial charge in [-0.15, -0.1) is 0 Å². The Hall–Kier alpha value is -0.530. The minimum absolute atomic E-state index is 0.0924. The van der Waals surface area contributed by atoms with Crippen LogP contribution >= 0.6 is 0 Å². The van der Waals surface area contributed by atoms with E-state index in [0.29, 0.717) is 5.92 Å². The molecule has 0 radical (unpaired) electrons. The van der Waals surface area contributed by atoms with Crippen molar-refractivity contribution in [1.82, 2.24) is 0 Å². The van der Waals surface area contributed by atoms with Gasteiger partial charge in [-0.2, -0.15) is 0 Å². The highest BCUT2D eigenvalue weighted by Gasteiger charge is 2.55. The van der Waals surface area contributed by atoms with Gasteiger partial charge >= 0.3 is 5.97 Å². The second kappa shape index (κ2) is 5.28. The van der Waals surface area contributed by atoms with Crippen molar-refractivity contribution in [3.63, 3.8) is 0 Å². The minimum Gasteiger partial charge on any atom is -0.459 e. The summed E-state index contributed by atoms with van der Waals surface area (Å²) in [5.41, 5.74) is -0.0924. The highest BCUT2D eigenvalue weighted by Crippen LogP contribution is 2.60. The Kier molecular flexibility index (Phi) is 3.54. The van der Waals surface area contributed by atoms with Crippen molar-refractivity contribution in [2.45, 2.75) is 83.2 Å². The summed E-state index contributed by atoms with van der Waals surface area (Å²) in [6, 6.07) is 0. The average molecular weight is 290 g/mol. The summed E-state index contributed by atoms with van der Waals surface area (Å²) < 4.78 is 6.13. The molecule has 0 aromatic rings. The van der Waals surface area contributed by atoms with Crippen molar-refractivity contribution in [1.29, 1.82) is 0 Å². The number of fused-ring (bicyclic) bond motifs is 5. The van der Waals surface area contributed by atoms with Gasteiger partial charge in [0, 0.05) is 0 Å². The van der Waals surface area contributed by atoms with Crippen LogP contribution in [0.15, 0.2) is 0 Å². The summed E-state index contributed by atoms with van der Waals surface area (Å²) in [6.07, 6.45) is 13.8. The van der Waals surface area contributed by atoms with Crippen molar-refractivity contribution in [3.8, 4) is 0 Å². The molecule has 118 valence electrons. The average Bonchev–Trinajstić information content (AvgIpc) is 3.22. The van der Waals surface area contributed by atoms with Gasteiger partial charge in [-0.05, 0) is 81.5 Å². The fourth-order valence-corrected chi connectivity index (χ4v) is 6.35. The summed E-state index contributed by atoms with van der Waals surface area (Å²) >= 11 is 0. The zero-order valence-electron chi connectivity index (χ0n) is 13.5. The molecule has 0 heterocycles. The molecule has 21 heavy (non-hydrogen) atoms. The van der Waals surface area contributed by atoms with Gasteiger partial charge in [-0.3, -0.25) is 4.79 Å². The van der Waals surface area contributed by atoms with Crippen LogP contribution in [0.3, 0.4) is 0 Å². The maximum absolute atomic E-state index is 12.8. The van der Waals surface area contributed by atoms with Crippen molar-refractivity contribution in [2.75, 3.05) is 0 Å². The molecule has 4 fully saturated rings. The van der Waals surface area contributed by atoms with E-state index in [4.69, 9.17) is 4.74 Å². The predicted molar refractivity (Wildman–Crippen MR) is 82.7 cm³/mol. The van der Waals surface area contributed by atoms with E-state index >= 15 is 0 Å². The Labute approximate surface area is 129 Å². The molecule has 2 bridgehead atoms. The quantitative estimate of drug-likeness (QED) is 0.703. The van der Waals surface area contributed by atoms with E-state index in [-0.39, 0.29) is 17.5 Å². The Bertz CT molecular complexity index is 410. The number of carbonyl (C=O) groups is 1. The normalized spacial score (nSPS) is 43.8. The Morgan fingerprint density at radius 3 is 2.43 bits per heavy atom. The zero-order chi connectivity index (χ0) is 14.4. The lowest BCUT2D eigenvalue weighted by atomic mass is 9.67. The summed E-state index contributed by atoms with van der Waals surface area (Å²) in [5, 5.41) is 0. The summed E-state index contributed by atoms with van der Waals surface area (Å²) in [4.78, 5) is 12.8. The lowest BCUT2D eigenvalue weighted by molar-refractivity contribution is -0.168. The van der Waals surface area contributed by atoms with Crippen LogP contribution in [0.2, 0.25) is 0 Å². The van der Waals surface area contributed by atoms with Gasteiger partial charge in [0.1, 0.15) is 5.60 Å². The van der Waals surface area contributed by atoms with Crippen molar-refractivity contribution in [3.05, 3.63) is 0 Å². The van der Waals surface area contributed by atoms with Gasteiger partial charge in [0.2, 0.25) is 0 Å². The minimum atomic E-state index is -0.0924. The van der Waals surface area contributed by atoms with E-state index in [9.17, 15) is 4.79 Å². The van der Waals surface area contributed by atoms with Crippen LogP contribution in [0.5, 0.6) is 0 Å². The fraction of sp³-hybridized carbons (Fsp3) is 0.947. The molecule has 0 N–H and O–H groups in total. The molecule has 4 aliphatic rings. The first-order valence-corrected chi connectivity index (χ1v) is 9.45. The van der Waals surface area contributed by atoms with Crippen LogP contribution in [-0.2, 0) is 9.53 Å². The molecule has 0 aromatic carbocycles. The zero-order valence-corrected chi connectivity index (χ0v) is 13.5. The molecule has 0 spiro atoms. The Morgan fingerprint density at radius 2 is 1.71 bits per heavy atom. The molecule has 4 aliphatic carbocycles. The van der Waals surface area contributed by atoms with Gasteiger partial charge in [0.15, 0.2) is 0 Å². The third-order valence-electron chi connectivity index (χ3n) is 7.46. The molecule has 5 unspecified atom stereocenters. The third kappa shape index (κ3) is 2.24. The lowest BCUT2D eigenvalue weighted by Gasteiger charge is -2.39. The Balaban J connectivity index is 1.44. The van der Waals surface area contributed by atoms with Crippen LogP contribution in [0, 0.1) is 29.6 Å². The van der Waals surface area contributed by atoms with Gasteiger partial charge in [-0.1, -0.05) is 19.8 Å². The SMILES string of the molecule is CCC1(OC(=O)C2CC3CC2C2CCCCC32)CCCC1. The maximum atomic E-state index is 12.8. The van der Waals surface area contributed by atoms with Gasteiger partial charge in [0.05, 0.1) is 5.92 Å². The Morgan fingerprint density at radius 1 is 1.00 bits per heavy atom. The van der Waals surface area contributed by atoms with Crippen molar-refractivity contribution >= 4 is 5.97 Å². The smallest absolute Gasteiger partial charge is 0.309 e. The second-order valence-electron chi connectivity index (χ2n) is 8.28. The van der Waals surface area contributed by atoms with E-state index < -0.39 is 0 Å². The molecule has 5 atom stereocenters. The molecule has 0 saturated heterocycles. The largest absolute Gasteiger partial charge is 0.459 e. The first-order chi connectivity index (χ1) is 10.2.